The largest absolute Gasteiger partial charge is 0.348 e. The van der Waals surface area contributed by atoms with Crippen LogP contribution in [0.4, 0.5) is 5.69 Å². The first-order valence-electron chi connectivity index (χ1n) is 10.2. The molecule has 3 aromatic rings. The maximum Gasteiger partial charge on any atom is 0.244 e. The van der Waals surface area contributed by atoms with Gasteiger partial charge in [-0.15, -0.1) is 0 Å². The van der Waals surface area contributed by atoms with E-state index in [0.29, 0.717) is 12.2 Å². The Hall–Kier alpha value is -3.39. The second-order valence-corrected chi connectivity index (χ2v) is 9.60. The number of aromatic nitrogens is 2. The Morgan fingerprint density at radius 2 is 1.78 bits per heavy atom. The zero-order valence-corrected chi connectivity index (χ0v) is 19.5. The molecule has 168 valence electrons. The summed E-state index contributed by atoms with van der Waals surface area (Å²) in [7, 11) is -3.35. The lowest BCUT2D eigenvalue weighted by Gasteiger charge is -2.07. The second kappa shape index (κ2) is 9.82. The molecular formula is C24H28N4O3S. The molecule has 0 saturated heterocycles. The summed E-state index contributed by atoms with van der Waals surface area (Å²) in [6.45, 7) is 6.94. The van der Waals surface area contributed by atoms with Crippen LogP contribution in [0.5, 0.6) is 0 Å². The Morgan fingerprint density at radius 3 is 2.47 bits per heavy atom. The van der Waals surface area contributed by atoms with Gasteiger partial charge in [0.05, 0.1) is 18.5 Å². The number of amides is 1. The van der Waals surface area contributed by atoms with E-state index in [1.54, 1.807) is 24.3 Å². The molecule has 0 spiro atoms. The number of sulfonamides is 1. The smallest absolute Gasteiger partial charge is 0.244 e. The van der Waals surface area contributed by atoms with Crippen LogP contribution >= 0.6 is 0 Å². The van der Waals surface area contributed by atoms with E-state index in [1.807, 2.05) is 24.6 Å². The van der Waals surface area contributed by atoms with Crippen molar-refractivity contribution < 1.29 is 13.2 Å². The molecule has 0 bridgehead atoms. The molecule has 2 N–H and O–H groups in total. The minimum absolute atomic E-state index is 0.239. The van der Waals surface area contributed by atoms with Crippen LogP contribution in [0, 0.1) is 20.8 Å². The summed E-state index contributed by atoms with van der Waals surface area (Å²) in [6, 6.07) is 15.3. The number of anilines is 1. The van der Waals surface area contributed by atoms with Gasteiger partial charge in [-0.1, -0.05) is 42.0 Å². The molecule has 0 aliphatic heterocycles. The van der Waals surface area contributed by atoms with Gasteiger partial charge in [0.1, 0.15) is 0 Å². The molecule has 0 radical (unpaired) electrons. The van der Waals surface area contributed by atoms with Crippen LogP contribution < -0.4 is 10.0 Å². The SMILES string of the molecule is Cc1ccc(Cn2nc(C)c(/C=C/C(=O)NCc3cccc(NS(C)(=O)=O)c3)c2C)cc1. The summed E-state index contributed by atoms with van der Waals surface area (Å²) < 4.78 is 27.1. The molecule has 1 heterocycles. The van der Waals surface area contributed by atoms with Crippen LogP contribution in [0.3, 0.4) is 0 Å². The molecule has 3 rings (SSSR count). The van der Waals surface area contributed by atoms with Gasteiger partial charge in [-0.25, -0.2) is 8.42 Å². The van der Waals surface area contributed by atoms with Crippen molar-refractivity contribution in [1.82, 2.24) is 15.1 Å². The predicted molar refractivity (Wildman–Crippen MR) is 128 cm³/mol. The monoisotopic (exact) mass is 452 g/mol. The quantitative estimate of drug-likeness (QED) is 0.511. The van der Waals surface area contributed by atoms with Gasteiger partial charge in [0.15, 0.2) is 0 Å². The van der Waals surface area contributed by atoms with Crippen molar-refractivity contribution in [3.8, 4) is 0 Å². The van der Waals surface area contributed by atoms with Crippen molar-refractivity contribution >= 4 is 27.7 Å². The van der Waals surface area contributed by atoms with Crippen molar-refractivity contribution in [2.24, 2.45) is 0 Å². The number of nitrogens with one attached hydrogen (secondary N) is 2. The lowest BCUT2D eigenvalue weighted by Crippen LogP contribution is -2.20. The van der Waals surface area contributed by atoms with Crippen molar-refractivity contribution in [2.45, 2.75) is 33.9 Å². The van der Waals surface area contributed by atoms with Crippen LogP contribution in [0.2, 0.25) is 0 Å². The Balaban J connectivity index is 1.62. The van der Waals surface area contributed by atoms with E-state index in [4.69, 9.17) is 0 Å². The standard InChI is InChI=1S/C24H28N4O3S/c1-17-8-10-20(11-9-17)16-28-19(3)23(18(2)26-28)12-13-24(29)25-15-21-6-5-7-22(14-21)27-32(4,30)31/h5-14,27H,15-16H2,1-4H3,(H,25,29)/b13-12+. The summed E-state index contributed by atoms with van der Waals surface area (Å²) in [5.41, 5.74) is 6.41. The Labute approximate surface area is 189 Å². The van der Waals surface area contributed by atoms with Crippen LogP contribution in [0.15, 0.2) is 54.6 Å². The highest BCUT2D eigenvalue weighted by Crippen LogP contribution is 2.17. The third kappa shape index (κ3) is 6.55. The average Bonchev–Trinajstić information content (AvgIpc) is 2.98. The molecule has 0 aliphatic rings. The first-order chi connectivity index (χ1) is 15.1. The summed E-state index contributed by atoms with van der Waals surface area (Å²) in [4.78, 5) is 12.3. The summed E-state index contributed by atoms with van der Waals surface area (Å²) >= 11 is 0. The van der Waals surface area contributed by atoms with Gasteiger partial charge in [-0.3, -0.25) is 14.2 Å². The van der Waals surface area contributed by atoms with Gasteiger partial charge < -0.3 is 5.32 Å². The third-order valence-corrected chi connectivity index (χ3v) is 5.60. The molecule has 0 unspecified atom stereocenters. The van der Waals surface area contributed by atoms with E-state index in [1.165, 1.54) is 17.2 Å². The number of benzene rings is 2. The molecule has 0 saturated carbocycles. The number of aryl methyl sites for hydroxylation is 2. The van der Waals surface area contributed by atoms with Crippen molar-refractivity contribution in [1.29, 1.82) is 0 Å². The van der Waals surface area contributed by atoms with Gasteiger partial charge in [-0.05, 0) is 50.1 Å². The highest BCUT2D eigenvalue weighted by molar-refractivity contribution is 7.92. The zero-order valence-electron chi connectivity index (χ0n) is 18.7. The number of nitrogens with zero attached hydrogens (tertiary/aromatic N) is 2. The van der Waals surface area contributed by atoms with Crippen LogP contribution in [0.25, 0.3) is 6.08 Å². The number of carbonyl (C=O) groups is 1. The lowest BCUT2D eigenvalue weighted by molar-refractivity contribution is -0.116. The average molecular weight is 453 g/mol. The third-order valence-electron chi connectivity index (χ3n) is 4.99. The zero-order chi connectivity index (χ0) is 23.3. The Morgan fingerprint density at radius 1 is 1.06 bits per heavy atom. The van der Waals surface area contributed by atoms with Gasteiger partial charge in [-0.2, -0.15) is 5.10 Å². The fraction of sp³-hybridized carbons (Fsp3) is 0.250. The molecule has 1 amide bonds. The number of rotatable bonds is 8. The van der Waals surface area contributed by atoms with Gasteiger partial charge in [0.25, 0.3) is 0 Å². The second-order valence-electron chi connectivity index (χ2n) is 7.85. The van der Waals surface area contributed by atoms with Gasteiger partial charge >= 0.3 is 0 Å². The highest BCUT2D eigenvalue weighted by Gasteiger charge is 2.10. The number of hydrogen-bond acceptors (Lipinski definition) is 4. The van der Waals surface area contributed by atoms with E-state index in [0.717, 1.165) is 28.8 Å². The maximum absolute atomic E-state index is 12.3. The molecule has 2 aromatic carbocycles. The summed E-state index contributed by atoms with van der Waals surface area (Å²) in [5, 5.41) is 7.44. The van der Waals surface area contributed by atoms with E-state index >= 15 is 0 Å². The van der Waals surface area contributed by atoms with E-state index in [-0.39, 0.29) is 12.5 Å². The van der Waals surface area contributed by atoms with Gasteiger partial charge in [0.2, 0.25) is 15.9 Å². The first kappa shape index (κ1) is 23.3. The van der Waals surface area contributed by atoms with Gasteiger partial charge in [0, 0.05) is 29.6 Å². The van der Waals surface area contributed by atoms with Crippen LogP contribution in [0.1, 0.15) is 33.6 Å². The fourth-order valence-electron chi connectivity index (χ4n) is 3.34. The number of hydrogen-bond donors (Lipinski definition) is 2. The first-order valence-corrected chi connectivity index (χ1v) is 12.1. The Bertz CT molecular complexity index is 1240. The topological polar surface area (TPSA) is 93.1 Å². The van der Waals surface area contributed by atoms with Crippen LogP contribution in [-0.4, -0.2) is 30.4 Å². The maximum atomic E-state index is 12.3. The molecule has 0 aliphatic carbocycles. The molecule has 0 fully saturated rings. The fourth-order valence-corrected chi connectivity index (χ4v) is 3.89. The molecule has 8 heteroatoms. The van der Waals surface area contributed by atoms with Crippen molar-refractivity contribution in [3.05, 3.63) is 88.2 Å². The minimum Gasteiger partial charge on any atom is -0.348 e. The van der Waals surface area contributed by atoms with E-state index < -0.39 is 10.0 Å². The Kier molecular flexibility index (Phi) is 7.15. The van der Waals surface area contributed by atoms with E-state index in [9.17, 15) is 13.2 Å². The minimum atomic E-state index is -3.35. The van der Waals surface area contributed by atoms with Crippen molar-refractivity contribution in [3.63, 3.8) is 0 Å². The number of carbonyl (C=O) groups excluding carboxylic acids is 1. The lowest BCUT2D eigenvalue weighted by atomic mass is 10.1. The molecule has 0 atom stereocenters. The molecule has 32 heavy (non-hydrogen) atoms. The molecule has 1 aromatic heterocycles. The highest BCUT2D eigenvalue weighted by atomic mass is 32.2. The summed E-state index contributed by atoms with van der Waals surface area (Å²) in [6.07, 6.45) is 4.37. The van der Waals surface area contributed by atoms with E-state index in [2.05, 4.69) is 46.3 Å². The van der Waals surface area contributed by atoms with Crippen molar-refractivity contribution in [2.75, 3.05) is 11.0 Å². The molecule has 7 nitrogen and oxygen atoms in total. The molecular weight excluding hydrogens is 424 g/mol. The normalized spacial score (nSPS) is 11.6. The van der Waals surface area contributed by atoms with Crippen LogP contribution in [-0.2, 0) is 27.9 Å². The predicted octanol–water partition coefficient (Wildman–Crippen LogP) is 3.56. The summed E-state index contributed by atoms with van der Waals surface area (Å²) in [5.74, 6) is -0.239.